The minimum Gasteiger partial charge on any atom is -0.392 e. The molecule has 1 atom stereocenters. The van der Waals surface area contributed by atoms with Crippen molar-refractivity contribution in [3.63, 3.8) is 0 Å². The van der Waals surface area contributed by atoms with Crippen molar-refractivity contribution < 1.29 is 14.4 Å². The highest BCUT2D eigenvalue weighted by Gasteiger charge is 2.27. The van der Waals surface area contributed by atoms with Gasteiger partial charge in [-0.15, -0.1) is 0 Å². The molecule has 1 saturated carbocycles. The van der Waals surface area contributed by atoms with E-state index in [4.69, 9.17) is 4.52 Å². The van der Waals surface area contributed by atoms with E-state index in [0.29, 0.717) is 24.4 Å². The molecule has 6 heteroatoms. The fourth-order valence-corrected chi connectivity index (χ4v) is 3.07. The number of carbonyl (C=O) groups is 1. The summed E-state index contributed by atoms with van der Waals surface area (Å²) in [5, 5.41) is 16.6. The van der Waals surface area contributed by atoms with Crippen LogP contribution in [0.3, 0.4) is 0 Å². The molecular formula is C16H27N3O3. The van der Waals surface area contributed by atoms with Gasteiger partial charge in [0.25, 0.3) is 0 Å². The molecule has 2 rings (SSSR count). The third-order valence-corrected chi connectivity index (χ3v) is 4.24. The van der Waals surface area contributed by atoms with Gasteiger partial charge in [0.15, 0.2) is 5.76 Å². The lowest BCUT2D eigenvalue weighted by Crippen LogP contribution is -2.47. The van der Waals surface area contributed by atoms with Crippen molar-refractivity contribution in [2.24, 2.45) is 0 Å². The topological polar surface area (TPSA) is 78.6 Å². The predicted molar refractivity (Wildman–Crippen MR) is 84.9 cm³/mol. The van der Waals surface area contributed by atoms with E-state index in [1.807, 2.05) is 6.92 Å². The first-order valence-electron chi connectivity index (χ1n) is 8.23. The summed E-state index contributed by atoms with van der Waals surface area (Å²) in [7, 11) is 0. The van der Waals surface area contributed by atoms with Crippen molar-refractivity contribution in [2.75, 3.05) is 11.9 Å². The molecule has 1 fully saturated rings. The average Bonchev–Trinajstić information content (AvgIpc) is 2.86. The minimum absolute atomic E-state index is 0.172. The summed E-state index contributed by atoms with van der Waals surface area (Å²) >= 11 is 0. The molecule has 0 saturated heterocycles. The van der Waals surface area contributed by atoms with E-state index in [0.717, 1.165) is 31.4 Å². The van der Waals surface area contributed by atoms with Crippen LogP contribution >= 0.6 is 0 Å². The molecule has 0 radical (unpaired) electrons. The zero-order chi connectivity index (χ0) is 16.1. The molecule has 0 unspecified atom stereocenters. The van der Waals surface area contributed by atoms with Gasteiger partial charge >= 0.3 is 6.03 Å². The molecule has 1 aromatic heterocycles. The molecule has 22 heavy (non-hydrogen) atoms. The number of aliphatic hydroxyl groups excluding tert-OH is 1. The Hall–Kier alpha value is -1.56. The van der Waals surface area contributed by atoms with Gasteiger partial charge < -0.3 is 19.8 Å². The standard InChI is InChI=1S/C16H27N3O3/c1-4-14-15(12(3)22-18-14)17-16(21)19(10-11(2)20)13-8-6-5-7-9-13/h11,13,20H,4-10H2,1-3H3,(H,17,21)/t11-/m0/s1. The van der Waals surface area contributed by atoms with Crippen molar-refractivity contribution in [3.05, 3.63) is 11.5 Å². The molecule has 2 N–H and O–H groups in total. The van der Waals surface area contributed by atoms with E-state index in [-0.39, 0.29) is 12.1 Å². The maximum absolute atomic E-state index is 12.7. The van der Waals surface area contributed by atoms with Crippen molar-refractivity contribution in [1.82, 2.24) is 10.1 Å². The molecule has 1 aliphatic carbocycles. The van der Waals surface area contributed by atoms with E-state index in [1.54, 1.807) is 18.7 Å². The molecule has 1 aromatic rings. The number of urea groups is 1. The SMILES string of the molecule is CCc1noc(C)c1NC(=O)N(C[C@H](C)O)C1CCCCC1. The number of hydrogen-bond donors (Lipinski definition) is 2. The zero-order valence-electron chi connectivity index (χ0n) is 13.8. The molecule has 0 aromatic carbocycles. The number of rotatable bonds is 5. The first-order valence-corrected chi connectivity index (χ1v) is 8.23. The zero-order valence-corrected chi connectivity index (χ0v) is 13.8. The molecular weight excluding hydrogens is 282 g/mol. The third-order valence-electron chi connectivity index (χ3n) is 4.24. The Morgan fingerprint density at radius 3 is 2.73 bits per heavy atom. The lowest BCUT2D eigenvalue weighted by Gasteiger charge is -2.35. The van der Waals surface area contributed by atoms with Gasteiger partial charge in [-0.3, -0.25) is 0 Å². The van der Waals surface area contributed by atoms with Crippen LogP contribution in [0.2, 0.25) is 0 Å². The number of anilines is 1. The van der Waals surface area contributed by atoms with Crippen molar-refractivity contribution in [3.8, 4) is 0 Å². The van der Waals surface area contributed by atoms with Crippen LogP contribution in [0.25, 0.3) is 0 Å². The predicted octanol–water partition coefficient (Wildman–Crippen LogP) is 3.09. The fourth-order valence-electron chi connectivity index (χ4n) is 3.07. The summed E-state index contributed by atoms with van der Waals surface area (Å²) < 4.78 is 5.16. The minimum atomic E-state index is -0.540. The van der Waals surface area contributed by atoms with Crippen LogP contribution in [0, 0.1) is 6.92 Å². The number of amides is 2. The van der Waals surface area contributed by atoms with Gasteiger partial charge in [-0.05, 0) is 33.1 Å². The Kier molecular flexibility index (Phi) is 5.83. The van der Waals surface area contributed by atoms with Crippen molar-refractivity contribution in [2.45, 2.75) is 71.4 Å². The Balaban J connectivity index is 2.12. The third kappa shape index (κ3) is 4.00. The number of aliphatic hydroxyl groups is 1. The Bertz CT molecular complexity index is 493. The Morgan fingerprint density at radius 2 is 2.14 bits per heavy atom. The maximum atomic E-state index is 12.7. The number of aryl methyl sites for hydroxylation is 2. The Morgan fingerprint density at radius 1 is 1.45 bits per heavy atom. The number of hydrogen-bond acceptors (Lipinski definition) is 4. The summed E-state index contributed by atoms with van der Waals surface area (Å²) in [6.07, 6.45) is 5.67. The van der Waals surface area contributed by atoms with Crippen LogP contribution in [0.5, 0.6) is 0 Å². The second-order valence-electron chi connectivity index (χ2n) is 6.14. The number of aromatic nitrogens is 1. The van der Waals surface area contributed by atoms with Gasteiger partial charge in [0, 0.05) is 12.6 Å². The van der Waals surface area contributed by atoms with Crippen LogP contribution in [-0.4, -0.2) is 39.9 Å². The smallest absolute Gasteiger partial charge is 0.322 e. The molecule has 2 amide bonds. The number of carbonyl (C=O) groups excluding carboxylic acids is 1. The van der Waals surface area contributed by atoms with E-state index < -0.39 is 6.10 Å². The number of nitrogens with one attached hydrogen (secondary N) is 1. The second-order valence-corrected chi connectivity index (χ2v) is 6.14. The summed E-state index contributed by atoms with van der Waals surface area (Å²) in [4.78, 5) is 14.5. The first kappa shape index (κ1) is 16.8. The van der Waals surface area contributed by atoms with Crippen LogP contribution < -0.4 is 5.32 Å². The molecule has 124 valence electrons. The first-order chi connectivity index (χ1) is 10.5. The number of nitrogens with zero attached hydrogens (tertiary/aromatic N) is 2. The van der Waals surface area contributed by atoms with Gasteiger partial charge in [0.2, 0.25) is 0 Å². The second kappa shape index (κ2) is 7.63. The summed E-state index contributed by atoms with van der Waals surface area (Å²) in [5.41, 5.74) is 1.42. The van der Waals surface area contributed by atoms with E-state index in [9.17, 15) is 9.90 Å². The van der Waals surface area contributed by atoms with Crippen LogP contribution in [-0.2, 0) is 6.42 Å². The molecule has 1 aliphatic rings. The highest BCUT2D eigenvalue weighted by molar-refractivity contribution is 5.90. The summed E-state index contributed by atoms with van der Waals surface area (Å²) in [6.45, 7) is 5.83. The lowest BCUT2D eigenvalue weighted by atomic mass is 9.94. The fraction of sp³-hybridized carbons (Fsp3) is 0.750. The molecule has 0 spiro atoms. The molecule has 0 aliphatic heterocycles. The maximum Gasteiger partial charge on any atom is 0.322 e. The summed E-state index contributed by atoms with van der Waals surface area (Å²) in [6, 6.07) is 0.0300. The highest BCUT2D eigenvalue weighted by atomic mass is 16.5. The quantitative estimate of drug-likeness (QED) is 0.876. The van der Waals surface area contributed by atoms with Crippen LogP contribution in [0.4, 0.5) is 10.5 Å². The van der Waals surface area contributed by atoms with Crippen LogP contribution in [0.1, 0.15) is 57.4 Å². The van der Waals surface area contributed by atoms with E-state index in [1.165, 1.54) is 6.42 Å². The lowest BCUT2D eigenvalue weighted by molar-refractivity contribution is 0.105. The molecule has 1 heterocycles. The van der Waals surface area contributed by atoms with Gasteiger partial charge in [-0.1, -0.05) is 31.3 Å². The van der Waals surface area contributed by atoms with Gasteiger partial charge in [-0.2, -0.15) is 0 Å². The summed E-state index contributed by atoms with van der Waals surface area (Å²) in [5.74, 6) is 0.617. The molecule has 6 nitrogen and oxygen atoms in total. The van der Waals surface area contributed by atoms with Crippen molar-refractivity contribution >= 4 is 11.7 Å². The highest BCUT2D eigenvalue weighted by Crippen LogP contribution is 2.25. The van der Waals surface area contributed by atoms with Crippen molar-refractivity contribution in [1.29, 1.82) is 0 Å². The van der Waals surface area contributed by atoms with Gasteiger partial charge in [-0.25, -0.2) is 4.79 Å². The molecule has 0 bridgehead atoms. The average molecular weight is 309 g/mol. The van der Waals surface area contributed by atoms with E-state index >= 15 is 0 Å². The van der Waals surface area contributed by atoms with Gasteiger partial charge in [0.05, 0.1) is 6.10 Å². The normalized spacial score (nSPS) is 17.3. The van der Waals surface area contributed by atoms with E-state index in [2.05, 4.69) is 10.5 Å². The Labute approximate surface area is 131 Å². The monoisotopic (exact) mass is 309 g/mol. The van der Waals surface area contributed by atoms with Crippen LogP contribution in [0.15, 0.2) is 4.52 Å². The van der Waals surface area contributed by atoms with Gasteiger partial charge in [0.1, 0.15) is 11.4 Å². The largest absolute Gasteiger partial charge is 0.392 e.